The molecule has 0 unspecified atom stereocenters. The van der Waals surface area contributed by atoms with E-state index in [1.165, 1.54) is 49.0 Å². The van der Waals surface area contributed by atoms with Crippen molar-refractivity contribution in [2.75, 3.05) is 12.3 Å². The normalized spacial score (nSPS) is 11.7. The summed E-state index contributed by atoms with van der Waals surface area (Å²) in [6, 6.07) is 11.8. The molecule has 0 aliphatic rings. The molecule has 4 nitrogen and oxygen atoms in total. The Morgan fingerprint density at radius 2 is 1.57 bits per heavy atom. The molecule has 0 saturated heterocycles. The lowest BCUT2D eigenvalue weighted by atomic mass is 10.0. The summed E-state index contributed by atoms with van der Waals surface area (Å²) in [6.45, 7) is 5.27. The molecule has 2 rings (SSSR count). The molecule has 1 atom stereocenters. The van der Waals surface area contributed by atoms with Crippen molar-refractivity contribution in [3.8, 4) is 0 Å². The van der Waals surface area contributed by atoms with Gasteiger partial charge in [0.2, 0.25) is 0 Å². The van der Waals surface area contributed by atoms with Crippen LogP contribution in [0.5, 0.6) is 0 Å². The summed E-state index contributed by atoms with van der Waals surface area (Å²) < 4.78 is 31.6. The molecule has 0 heterocycles. The Morgan fingerprint density at radius 3 is 2.04 bits per heavy atom. The summed E-state index contributed by atoms with van der Waals surface area (Å²) in [5, 5.41) is 2.23. The van der Waals surface area contributed by atoms with Crippen molar-refractivity contribution < 1.29 is 23.1 Å². The highest BCUT2D eigenvalue weighted by atomic mass is 32.2. The molecule has 2 aromatic carbocycles. The van der Waals surface area contributed by atoms with Gasteiger partial charge in [0.25, 0.3) is 5.91 Å². The van der Waals surface area contributed by atoms with Crippen molar-refractivity contribution in [1.29, 1.82) is 0 Å². The van der Waals surface area contributed by atoms with Crippen LogP contribution in [0.15, 0.2) is 61.2 Å². The van der Waals surface area contributed by atoms with Gasteiger partial charge >= 0.3 is 5.97 Å². The van der Waals surface area contributed by atoms with Crippen molar-refractivity contribution in [1.82, 2.24) is 5.32 Å². The third-order valence-corrected chi connectivity index (χ3v) is 5.09. The van der Waals surface area contributed by atoms with Crippen LogP contribution in [-0.4, -0.2) is 30.3 Å². The van der Waals surface area contributed by atoms with Crippen molar-refractivity contribution in [2.45, 2.75) is 18.3 Å². The molecule has 0 saturated carbocycles. The van der Waals surface area contributed by atoms with E-state index >= 15 is 0 Å². The summed E-state index contributed by atoms with van der Waals surface area (Å²) in [6.07, 6.45) is 0.598. The van der Waals surface area contributed by atoms with Crippen molar-refractivity contribution in [3.05, 3.63) is 83.9 Å². The molecule has 1 amide bonds. The highest BCUT2D eigenvalue weighted by Crippen LogP contribution is 2.35. The molecule has 0 bridgehead atoms. The van der Waals surface area contributed by atoms with E-state index in [1.807, 2.05) is 0 Å². The Labute approximate surface area is 167 Å². The minimum Gasteiger partial charge on any atom is -0.452 e. The summed E-state index contributed by atoms with van der Waals surface area (Å²) in [7, 11) is 0. The molecule has 1 N–H and O–H groups in total. The second-order valence-corrected chi connectivity index (χ2v) is 7.05. The number of ether oxygens (including phenoxy) is 1. The van der Waals surface area contributed by atoms with E-state index in [-0.39, 0.29) is 29.2 Å². The van der Waals surface area contributed by atoms with E-state index in [2.05, 4.69) is 11.9 Å². The van der Waals surface area contributed by atoms with E-state index in [0.29, 0.717) is 0 Å². The van der Waals surface area contributed by atoms with Gasteiger partial charge in [-0.05, 0) is 42.3 Å². The fourth-order valence-corrected chi connectivity index (χ4v) is 3.48. The number of nitrogens with one attached hydrogen (secondary N) is 1. The number of rotatable bonds is 9. The first kappa shape index (κ1) is 21.6. The Bertz CT molecular complexity index is 764. The Kier molecular flexibility index (Phi) is 8.19. The lowest BCUT2D eigenvalue weighted by molar-refractivity contribution is -0.152. The molecule has 0 fully saturated rings. The molecule has 7 heteroatoms. The second-order valence-electron chi connectivity index (χ2n) is 5.96. The fourth-order valence-electron chi connectivity index (χ4n) is 2.41. The fraction of sp³-hybridized carbons (Fsp3) is 0.238. The van der Waals surface area contributed by atoms with E-state index in [9.17, 15) is 18.4 Å². The van der Waals surface area contributed by atoms with Crippen LogP contribution < -0.4 is 5.32 Å². The summed E-state index contributed by atoms with van der Waals surface area (Å²) >= 11 is 1.25. The van der Waals surface area contributed by atoms with Crippen LogP contribution in [0.1, 0.15) is 23.3 Å². The molecule has 0 aromatic heterocycles. The monoisotopic (exact) mass is 405 g/mol. The van der Waals surface area contributed by atoms with Gasteiger partial charge in [-0.3, -0.25) is 9.59 Å². The SMILES string of the molecule is C=CCNC(=O)[C@H](C)OC(=O)CSC(c1ccc(F)cc1)c1ccc(F)cc1. The lowest BCUT2D eigenvalue weighted by Gasteiger charge is -2.18. The van der Waals surface area contributed by atoms with Gasteiger partial charge in [-0.1, -0.05) is 30.3 Å². The van der Waals surface area contributed by atoms with E-state index in [0.717, 1.165) is 11.1 Å². The van der Waals surface area contributed by atoms with E-state index in [1.54, 1.807) is 24.3 Å². The zero-order valence-corrected chi connectivity index (χ0v) is 16.2. The zero-order chi connectivity index (χ0) is 20.5. The van der Waals surface area contributed by atoms with Crippen LogP contribution in [-0.2, 0) is 14.3 Å². The van der Waals surface area contributed by atoms with Gasteiger partial charge < -0.3 is 10.1 Å². The van der Waals surface area contributed by atoms with E-state index < -0.39 is 18.0 Å². The Hall–Kier alpha value is -2.67. The predicted molar refractivity (Wildman–Crippen MR) is 106 cm³/mol. The van der Waals surface area contributed by atoms with E-state index in [4.69, 9.17) is 4.74 Å². The average molecular weight is 405 g/mol. The van der Waals surface area contributed by atoms with Gasteiger partial charge in [0.1, 0.15) is 11.6 Å². The lowest BCUT2D eigenvalue weighted by Crippen LogP contribution is -2.36. The van der Waals surface area contributed by atoms with Gasteiger partial charge in [-0.2, -0.15) is 0 Å². The molecular weight excluding hydrogens is 384 g/mol. The van der Waals surface area contributed by atoms with Crippen LogP contribution in [0.25, 0.3) is 0 Å². The molecule has 148 valence electrons. The minimum atomic E-state index is -0.928. The number of esters is 1. The number of carbonyl (C=O) groups excluding carboxylic acids is 2. The van der Waals surface area contributed by atoms with Crippen molar-refractivity contribution >= 4 is 23.6 Å². The Morgan fingerprint density at radius 1 is 1.07 bits per heavy atom. The molecule has 0 aliphatic heterocycles. The highest BCUT2D eigenvalue weighted by Gasteiger charge is 2.21. The number of hydrogen-bond acceptors (Lipinski definition) is 4. The van der Waals surface area contributed by atoms with Gasteiger partial charge in [-0.25, -0.2) is 8.78 Å². The summed E-state index contributed by atoms with van der Waals surface area (Å²) in [4.78, 5) is 23.9. The first-order valence-electron chi connectivity index (χ1n) is 8.61. The van der Waals surface area contributed by atoms with Gasteiger partial charge in [0.05, 0.1) is 11.0 Å². The molecule has 0 spiro atoms. The van der Waals surface area contributed by atoms with Crippen LogP contribution in [0.3, 0.4) is 0 Å². The van der Waals surface area contributed by atoms with Crippen LogP contribution in [0.2, 0.25) is 0 Å². The van der Waals surface area contributed by atoms with Crippen molar-refractivity contribution in [3.63, 3.8) is 0 Å². The topological polar surface area (TPSA) is 55.4 Å². The van der Waals surface area contributed by atoms with Gasteiger partial charge in [0.15, 0.2) is 6.10 Å². The molecule has 2 aromatic rings. The number of hydrogen-bond donors (Lipinski definition) is 1. The second kappa shape index (κ2) is 10.6. The number of carbonyl (C=O) groups is 2. The molecule has 0 aliphatic carbocycles. The maximum absolute atomic E-state index is 13.3. The third-order valence-electron chi connectivity index (χ3n) is 3.81. The van der Waals surface area contributed by atoms with Crippen LogP contribution in [0.4, 0.5) is 8.78 Å². The average Bonchev–Trinajstić information content (AvgIpc) is 2.68. The molecular formula is C21H21F2NO3S. The number of thioether (sulfide) groups is 1. The minimum absolute atomic E-state index is 0.0293. The third kappa shape index (κ3) is 6.49. The Balaban J connectivity index is 2.05. The number of halogens is 2. The number of amides is 1. The standard InChI is InChI=1S/C21H21F2NO3S/c1-3-12-24-21(26)14(2)27-19(25)13-28-20(15-4-8-17(22)9-5-15)16-6-10-18(23)11-7-16/h3-11,14,20H,1,12-13H2,2H3,(H,24,26)/t14-/m0/s1. The quantitative estimate of drug-likeness (QED) is 0.506. The first-order valence-corrected chi connectivity index (χ1v) is 9.66. The van der Waals surface area contributed by atoms with Crippen molar-refractivity contribution in [2.24, 2.45) is 0 Å². The zero-order valence-electron chi connectivity index (χ0n) is 15.4. The van der Waals surface area contributed by atoms with Crippen LogP contribution in [0, 0.1) is 11.6 Å². The van der Waals surface area contributed by atoms with Crippen LogP contribution >= 0.6 is 11.8 Å². The smallest absolute Gasteiger partial charge is 0.316 e. The summed E-state index contributed by atoms with van der Waals surface area (Å²) in [5.74, 6) is -1.73. The largest absolute Gasteiger partial charge is 0.452 e. The number of benzene rings is 2. The maximum atomic E-state index is 13.3. The summed E-state index contributed by atoms with van der Waals surface area (Å²) in [5.41, 5.74) is 1.53. The van der Waals surface area contributed by atoms with Gasteiger partial charge in [0, 0.05) is 6.54 Å². The molecule has 0 radical (unpaired) electrons. The molecule has 28 heavy (non-hydrogen) atoms. The van der Waals surface area contributed by atoms with Gasteiger partial charge in [-0.15, -0.1) is 18.3 Å². The maximum Gasteiger partial charge on any atom is 0.316 e. The first-order chi connectivity index (χ1) is 13.4. The predicted octanol–water partition coefficient (Wildman–Crippen LogP) is 4.02. The highest BCUT2D eigenvalue weighted by molar-refractivity contribution is 8.00.